The van der Waals surface area contributed by atoms with Gasteiger partial charge in [0, 0.05) is 44.0 Å². The van der Waals surface area contributed by atoms with E-state index in [9.17, 15) is 4.79 Å². The Morgan fingerprint density at radius 1 is 1.28 bits per heavy atom. The molecule has 10 heteroatoms. The molecule has 3 aromatic heterocycles. The van der Waals surface area contributed by atoms with Crippen LogP contribution in [0.3, 0.4) is 0 Å². The Morgan fingerprint density at radius 2 is 2.12 bits per heavy atom. The molecule has 32 heavy (non-hydrogen) atoms. The van der Waals surface area contributed by atoms with Gasteiger partial charge in [-0.25, -0.2) is 9.97 Å². The second kappa shape index (κ2) is 10.0. The van der Waals surface area contributed by atoms with Crippen molar-refractivity contribution in [3.05, 3.63) is 59.0 Å². The number of anilines is 1. The summed E-state index contributed by atoms with van der Waals surface area (Å²) >= 11 is 9.04. The highest BCUT2D eigenvalue weighted by Crippen LogP contribution is 2.39. The smallest absolute Gasteiger partial charge is 0.225 e. The molecule has 0 radical (unpaired) electrons. The predicted octanol–water partition coefficient (Wildman–Crippen LogP) is 4.54. The lowest BCUT2D eigenvalue weighted by Gasteiger charge is -2.22. The van der Waals surface area contributed by atoms with Crippen LogP contribution in [0.4, 0.5) is 5.13 Å². The van der Waals surface area contributed by atoms with Gasteiger partial charge >= 0.3 is 0 Å². The van der Waals surface area contributed by atoms with Crippen molar-refractivity contribution in [3.8, 4) is 9.88 Å². The Labute approximate surface area is 198 Å². The molecular formula is C22H22ClN5O2S2. The van der Waals surface area contributed by atoms with Crippen LogP contribution in [0.15, 0.2) is 42.7 Å². The van der Waals surface area contributed by atoms with Gasteiger partial charge in [-0.3, -0.25) is 14.7 Å². The molecule has 0 bridgehead atoms. The number of ether oxygens (including phenoxy) is 1. The molecule has 3 heterocycles. The molecule has 1 unspecified atom stereocenters. The van der Waals surface area contributed by atoms with Gasteiger partial charge in [0.05, 0.1) is 27.4 Å². The number of benzene rings is 1. The number of halogens is 1. The summed E-state index contributed by atoms with van der Waals surface area (Å²) in [5, 5.41) is 2.08. The number of hydrogen-bond donors (Lipinski definition) is 1. The van der Waals surface area contributed by atoms with Crippen LogP contribution in [0.1, 0.15) is 18.2 Å². The van der Waals surface area contributed by atoms with E-state index in [-0.39, 0.29) is 11.9 Å². The lowest BCUT2D eigenvalue weighted by Crippen LogP contribution is -2.41. The van der Waals surface area contributed by atoms with Crippen LogP contribution in [-0.4, -0.2) is 40.6 Å². The minimum atomic E-state index is -0.274. The first kappa shape index (κ1) is 22.8. The van der Waals surface area contributed by atoms with Gasteiger partial charge in [0.25, 0.3) is 0 Å². The second-order valence-corrected chi connectivity index (χ2v) is 9.74. The maximum Gasteiger partial charge on any atom is 0.225 e. The molecule has 1 atom stereocenters. The average Bonchev–Trinajstić information content (AvgIpc) is 3.36. The number of methoxy groups -OCH3 is 1. The quantitative estimate of drug-likeness (QED) is 0.392. The van der Waals surface area contributed by atoms with Crippen LogP contribution in [0.25, 0.3) is 20.1 Å². The zero-order valence-electron chi connectivity index (χ0n) is 17.6. The van der Waals surface area contributed by atoms with E-state index in [0.29, 0.717) is 29.7 Å². The molecule has 0 aliphatic rings. The summed E-state index contributed by atoms with van der Waals surface area (Å²) in [5.41, 5.74) is 9.04. The highest BCUT2D eigenvalue weighted by Gasteiger charge is 2.24. The Bertz CT molecular complexity index is 1210. The molecule has 0 fully saturated rings. The van der Waals surface area contributed by atoms with Crippen LogP contribution >= 0.6 is 34.3 Å². The van der Waals surface area contributed by atoms with E-state index in [4.69, 9.17) is 32.0 Å². The van der Waals surface area contributed by atoms with Crippen molar-refractivity contribution < 1.29 is 9.53 Å². The van der Waals surface area contributed by atoms with E-state index in [0.717, 1.165) is 31.4 Å². The van der Waals surface area contributed by atoms with Gasteiger partial charge in [0.1, 0.15) is 5.01 Å². The predicted molar refractivity (Wildman–Crippen MR) is 130 cm³/mol. The molecule has 2 N–H and O–H groups in total. The highest BCUT2D eigenvalue weighted by molar-refractivity contribution is 7.26. The Kier molecular flexibility index (Phi) is 7.12. The monoisotopic (exact) mass is 487 g/mol. The van der Waals surface area contributed by atoms with E-state index in [1.54, 1.807) is 35.7 Å². The third-order valence-corrected chi connectivity index (χ3v) is 7.28. The SMILES string of the molecule is COCc1nc(N(CC(N)Cc2cccc(Cl)c2)C(C)=O)sc1-c1nc2ccncc2s1. The van der Waals surface area contributed by atoms with Crippen LogP contribution in [0.2, 0.25) is 5.02 Å². The summed E-state index contributed by atoms with van der Waals surface area (Å²) in [6, 6.07) is 9.19. The summed E-state index contributed by atoms with van der Waals surface area (Å²) in [4.78, 5) is 28.6. The number of nitrogens with zero attached hydrogens (tertiary/aromatic N) is 4. The third kappa shape index (κ3) is 5.13. The normalized spacial score (nSPS) is 12.2. The molecule has 0 aliphatic carbocycles. The first-order chi connectivity index (χ1) is 15.4. The average molecular weight is 488 g/mol. The molecule has 4 aromatic rings. The van der Waals surface area contributed by atoms with Crippen molar-refractivity contribution in [1.29, 1.82) is 0 Å². The molecule has 1 aromatic carbocycles. The number of hydrogen-bond acceptors (Lipinski definition) is 8. The van der Waals surface area contributed by atoms with Crippen LogP contribution in [0, 0.1) is 0 Å². The maximum atomic E-state index is 12.5. The number of carbonyl (C=O) groups excluding carboxylic acids is 1. The Balaban J connectivity index is 1.62. The first-order valence-electron chi connectivity index (χ1n) is 9.92. The summed E-state index contributed by atoms with van der Waals surface area (Å²) in [6.45, 7) is 2.18. The molecule has 4 rings (SSSR count). The fourth-order valence-corrected chi connectivity index (χ4v) is 5.71. The van der Waals surface area contributed by atoms with E-state index >= 15 is 0 Å². The molecule has 0 spiro atoms. The van der Waals surface area contributed by atoms with E-state index < -0.39 is 0 Å². The van der Waals surface area contributed by atoms with Gasteiger partial charge < -0.3 is 10.5 Å². The van der Waals surface area contributed by atoms with Gasteiger partial charge in [-0.05, 0) is 30.2 Å². The molecular weight excluding hydrogens is 466 g/mol. The van der Waals surface area contributed by atoms with Crippen LogP contribution < -0.4 is 10.6 Å². The van der Waals surface area contributed by atoms with E-state index in [2.05, 4.69) is 4.98 Å². The van der Waals surface area contributed by atoms with E-state index in [1.165, 1.54) is 18.3 Å². The van der Waals surface area contributed by atoms with Crippen molar-refractivity contribution in [2.45, 2.75) is 26.0 Å². The van der Waals surface area contributed by atoms with Gasteiger partial charge in [-0.1, -0.05) is 35.1 Å². The molecule has 0 saturated heterocycles. The van der Waals surface area contributed by atoms with Gasteiger partial charge in [0.2, 0.25) is 5.91 Å². The van der Waals surface area contributed by atoms with Crippen molar-refractivity contribution in [3.63, 3.8) is 0 Å². The first-order valence-corrected chi connectivity index (χ1v) is 11.9. The number of aromatic nitrogens is 3. The molecule has 0 saturated carbocycles. The maximum absolute atomic E-state index is 12.5. The van der Waals surface area contributed by atoms with Crippen LogP contribution in [-0.2, 0) is 22.6 Å². The summed E-state index contributed by atoms with van der Waals surface area (Å²) in [6.07, 6.45) is 4.11. The lowest BCUT2D eigenvalue weighted by molar-refractivity contribution is -0.116. The summed E-state index contributed by atoms with van der Waals surface area (Å²) in [7, 11) is 1.62. The number of rotatable bonds is 8. The van der Waals surface area contributed by atoms with Crippen LogP contribution in [0.5, 0.6) is 0 Å². The molecule has 7 nitrogen and oxygen atoms in total. The third-order valence-electron chi connectivity index (χ3n) is 4.77. The Morgan fingerprint density at radius 3 is 2.84 bits per heavy atom. The van der Waals surface area contributed by atoms with Gasteiger partial charge in [0.15, 0.2) is 5.13 Å². The van der Waals surface area contributed by atoms with Crippen molar-refractivity contribution in [1.82, 2.24) is 15.0 Å². The Hall–Kier alpha value is -2.43. The molecule has 0 aliphatic heterocycles. The summed E-state index contributed by atoms with van der Waals surface area (Å²) < 4.78 is 6.35. The number of fused-ring (bicyclic) bond motifs is 1. The standard InChI is InChI=1S/C22H22ClN5O2S2/c1-13(29)28(11-16(24)9-14-4-3-5-15(23)8-14)22-27-18(12-30-2)20(32-22)21-26-17-6-7-25-10-19(17)31-21/h3-8,10,16H,9,11-12,24H2,1-2H3. The topological polar surface area (TPSA) is 94.2 Å². The van der Waals surface area contributed by atoms with Gasteiger partial charge in [-0.2, -0.15) is 0 Å². The number of thiazole rings is 2. The van der Waals surface area contributed by atoms with Crippen molar-refractivity contribution in [2.75, 3.05) is 18.6 Å². The van der Waals surface area contributed by atoms with E-state index in [1.807, 2.05) is 30.3 Å². The number of amides is 1. The summed E-state index contributed by atoms with van der Waals surface area (Å²) in [5.74, 6) is -0.121. The number of pyridine rings is 1. The fraction of sp³-hybridized carbons (Fsp3) is 0.273. The minimum absolute atomic E-state index is 0.121. The van der Waals surface area contributed by atoms with Gasteiger partial charge in [-0.15, -0.1) is 11.3 Å². The number of carbonyl (C=O) groups is 1. The largest absolute Gasteiger partial charge is 0.378 e. The minimum Gasteiger partial charge on any atom is -0.378 e. The lowest BCUT2D eigenvalue weighted by atomic mass is 10.1. The second-order valence-electron chi connectivity index (χ2n) is 7.29. The zero-order valence-corrected chi connectivity index (χ0v) is 20.0. The molecule has 166 valence electrons. The van der Waals surface area contributed by atoms with Crippen molar-refractivity contribution in [2.24, 2.45) is 5.73 Å². The van der Waals surface area contributed by atoms with Crippen molar-refractivity contribution >= 4 is 55.5 Å². The number of nitrogens with two attached hydrogens (primary N) is 1. The molecule has 1 amide bonds. The fourth-order valence-electron chi connectivity index (χ4n) is 3.34. The zero-order chi connectivity index (χ0) is 22.7. The highest BCUT2D eigenvalue weighted by atomic mass is 35.5.